The van der Waals surface area contributed by atoms with Crippen LogP contribution in [0.2, 0.25) is 0 Å². The monoisotopic (exact) mass is 266 g/mol. The van der Waals surface area contributed by atoms with E-state index >= 15 is 0 Å². The number of likely N-dealkylation sites (tertiary alicyclic amines) is 1. The molecule has 0 spiro atoms. The number of rotatable bonds is 4. The van der Waals surface area contributed by atoms with Gasteiger partial charge in [-0.3, -0.25) is 0 Å². The van der Waals surface area contributed by atoms with Crippen LogP contribution in [0.1, 0.15) is 65.7 Å². The summed E-state index contributed by atoms with van der Waals surface area (Å²) in [4.78, 5) is 2.63. The van der Waals surface area contributed by atoms with Crippen molar-refractivity contribution < 1.29 is 0 Å². The van der Waals surface area contributed by atoms with Gasteiger partial charge in [0.05, 0.1) is 0 Å². The molecule has 0 aromatic heterocycles. The summed E-state index contributed by atoms with van der Waals surface area (Å²) in [7, 11) is 0. The zero-order chi connectivity index (χ0) is 13.7. The molecule has 4 atom stereocenters. The van der Waals surface area contributed by atoms with Gasteiger partial charge in [0.25, 0.3) is 0 Å². The van der Waals surface area contributed by atoms with E-state index in [2.05, 4.69) is 31.0 Å². The minimum Gasteiger partial charge on any atom is -0.311 e. The fraction of sp³-hybridized carbons (Fsp3) is 1.00. The van der Waals surface area contributed by atoms with Gasteiger partial charge in [-0.1, -0.05) is 26.7 Å². The van der Waals surface area contributed by atoms with Gasteiger partial charge in [0.1, 0.15) is 0 Å². The Morgan fingerprint density at radius 3 is 2.74 bits per heavy atom. The maximum Gasteiger partial charge on any atom is 0.00818 e. The quantitative estimate of drug-likeness (QED) is 0.781. The molecule has 0 aromatic carbocycles. The maximum atomic E-state index is 3.97. The van der Waals surface area contributed by atoms with Crippen LogP contribution in [0.15, 0.2) is 0 Å². The number of hydrogen-bond acceptors (Lipinski definition) is 2. The first-order chi connectivity index (χ1) is 9.19. The average molecular weight is 266 g/mol. The summed E-state index contributed by atoms with van der Waals surface area (Å²) in [5.41, 5.74) is 0. The molecule has 1 saturated carbocycles. The fourth-order valence-electron chi connectivity index (χ4n) is 3.95. The molecule has 1 aliphatic carbocycles. The highest BCUT2D eigenvalue weighted by atomic mass is 15.1. The third-order valence-corrected chi connectivity index (χ3v) is 5.45. The van der Waals surface area contributed by atoms with Crippen molar-refractivity contribution in [2.45, 2.75) is 77.8 Å². The molecular weight excluding hydrogens is 232 g/mol. The number of nitrogens with one attached hydrogen (secondary N) is 1. The molecule has 0 amide bonds. The molecule has 1 saturated heterocycles. The first-order valence-electron chi connectivity index (χ1n) is 8.67. The van der Waals surface area contributed by atoms with Crippen LogP contribution in [-0.4, -0.2) is 36.6 Å². The third kappa shape index (κ3) is 4.75. The molecule has 112 valence electrons. The topological polar surface area (TPSA) is 15.3 Å². The van der Waals surface area contributed by atoms with Crippen molar-refractivity contribution in [3.05, 3.63) is 0 Å². The normalized spacial score (nSPS) is 35.8. The highest BCUT2D eigenvalue weighted by molar-refractivity contribution is 4.83. The van der Waals surface area contributed by atoms with Crippen molar-refractivity contribution in [3.63, 3.8) is 0 Å². The standard InChI is InChI=1S/C17H34N2/c1-4-19-12-6-8-16(13-19)15(3)18-17-9-5-7-14(2)10-11-17/h14-18H,4-13H2,1-3H3. The first-order valence-corrected chi connectivity index (χ1v) is 8.67. The molecular formula is C17H34N2. The highest BCUT2D eigenvalue weighted by Gasteiger charge is 2.26. The van der Waals surface area contributed by atoms with Crippen LogP contribution < -0.4 is 5.32 Å². The molecule has 2 rings (SSSR count). The summed E-state index contributed by atoms with van der Waals surface area (Å²) in [5.74, 6) is 1.82. The molecule has 0 aromatic rings. The van der Waals surface area contributed by atoms with Crippen LogP contribution in [0.3, 0.4) is 0 Å². The van der Waals surface area contributed by atoms with E-state index < -0.39 is 0 Å². The third-order valence-electron chi connectivity index (χ3n) is 5.45. The maximum absolute atomic E-state index is 3.97. The molecule has 19 heavy (non-hydrogen) atoms. The Kier molecular flexibility index (Phi) is 6.15. The van der Waals surface area contributed by atoms with Crippen LogP contribution in [0.25, 0.3) is 0 Å². The Labute approximate surface area is 120 Å². The lowest BCUT2D eigenvalue weighted by Crippen LogP contribution is -2.47. The van der Waals surface area contributed by atoms with Crippen LogP contribution >= 0.6 is 0 Å². The van der Waals surface area contributed by atoms with Crippen molar-refractivity contribution >= 4 is 0 Å². The second-order valence-corrected chi connectivity index (χ2v) is 7.06. The molecule has 2 nitrogen and oxygen atoms in total. The molecule has 2 aliphatic rings. The van der Waals surface area contributed by atoms with Gasteiger partial charge in [0.2, 0.25) is 0 Å². The van der Waals surface area contributed by atoms with Gasteiger partial charge in [0.15, 0.2) is 0 Å². The minimum atomic E-state index is 0.702. The van der Waals surface area contributed by atoms with Crippen molar-refractivity contribution in [2.24, 2.45) is 11.8 Å². The summed E-state index contributed by atoms with van der Waals surface area (Å²) in [6, 6.07) is 1.49. The molecule has 1 N–H and O–H groups in total. The van der Waals surface area contributed by atoms with E-state index in [1.165, 1.54) is 64.6 Å². The van der Waals surface area contributed by atoms with Crippen LogP contribution in [-0.2, 0) is 0 Å². The zero-order valence-corrected chi connectivity index (χ0v) is 13.3. The van der Waals surface area contributed by atoms with E-state index in [0.717, 1.165) is 17.9 Å². The predicted octanol–water partition coefficient (Wildman–Crippen LogP) is 3.67. The van der Waals surface area contributed by atoms with E-state index in [9.17, 15) is 0 Å². The van der Waals surface area contributed by atoms with Gasteiger partial charge in [-0.05, 0) is 64.0 Å². The lowest BCUT2D eigenvalue weighted by Gasteiger charge is -2.37. The summed E-state index contributed by atoms with van der Waals surface area (Å²) in [6.45, 7) is 11.0. The first kappa shape index (κ1) is 15.3. The molecule has 4 unspecified atom stereocenters. The van der Waals surface area contributed by atoms with E-state index in [4.69, 9.17) is 0 Å². The van der Waals surface area contributed by atoms with Crippen molar-refractivity contribution in [3.8, 4) is 0 Å². The number of nitrogens with zero attached hydrogens (tertiary/aromatic N) is 1. The summed E-state index contributed by atoms with van der Waals surface area (Å²) in [5, 5.41) is 3.97. The fourth-order valence-corrected chi connectivity index (χ4v) is 3.95. The van der Waals surface area contributed by atoms with E-state index in [0.29, 0.717) is 6.04 Å². The van der Waals surface area contributed by atoms with E-state index in [1.54, 1.807) is 0 Å². The summed E-state index contributed by atoms with van der Waals surface area (Å²) >= 11 is 0. The number of hydrogen-bond donors (Lipinski definition) is 1. The van der Waals surface area contributed by atoms with Gasteiger partial charge < -0.3 is 10.2 Å². The SMILES string of the molecule is CCN1CCCC(C(C)NC2CCCC(C)CC2)C1. The molecule has 0 bridgehead atoms. The van der Waals surface area contributed by atoms with E-state index in [1.807, 2.05) is 0 Å². The highest BCUT2D eigenvalue weighted by Crippen LogP contribution is 2.25. The zero-order valence-electron chi connectivity index (χ0n) is 13.3. The predicted molar refractivity (Wildman–Crippen MR) is 83.5 cm³/mol. The Morgan fingerprint density at radius 1 is 1.11 bits per heavy atom. The average Bonchev–Trinajstić information content (AvgIpc) is 2.64. The molecule has 1 aliphatic heterocycles. The lowest BCUT2D eigenvalue weighted by atomic mass is 9.90. The van der Waals surface area contributed by atoms with Gasteiger partial charge in [-0.2, -0.15) is 0 Å². The Balaban J connectivity index is 1.77. The van der Waals surface area contributed by atoms with Crippen LogP contribution in [0.4, 0.5) is 0 Å². The smallest absolute Gasteiger partial charge is 0.00818 e. The Bertz CT molecular complexity index is 254. The molecule has 0 radical (unpaired) electrons. The number of piperidine rings is 1. The van der Waals surface area contributed by atoms with Crippen molar-refractivity contribution in [2.75, 3.05) is 19.6 Å². The van der Waals surface area contributed by atoms with Crippen molar-refractivity contribution in [1.82, 2.24) is 10.2 Å². The molecule has 1 heterocycles. The van der Waals surface area contributed by atoms with Crippen LogP contribution in [0, 0.1) is 11.8 Å². The van der Waals surface area contributed by atoms with E-state index in [-0.39, 0.29) is 0 Å². The largest absolute Gasteiger partial charge is 0.311 e. The minimum absolute atomic E-state index is 0.702. The summed E-state index contributed by atoms with van der Waals surface area (Å²) < 4.78 is 0. The van der Waals surface area contributed by atoms with Gasteiger partial charge in [0, 0.05) is 18.6 Å². The second kappa shape index (κ2) is 7.64. The summed E-state index contributed by atoms with van der Waals surface area (Å²) in [6.07, 6.45) is 9.92. The van der Waals surface area contributed by atoms with Gasteiger partial charge in [-0.15, -0.1) is 0 Å². The second-order valence-electron chi connectivity index (χ2n) is 7.06. The Morgan fingerprint density at radius 2 is 1.95 bits per heavy atom. The lowest BCUT2D eigenvalue weighted by molar-refractivity contribution is 0.151. The van der Waals surface area contributed by atoms with Gasteiger partial charge in [-0.25, -0.2) is 0 Å². The van der Waals surface area contributed by atoms with Gasteiger partial charge >= 0.3 is 0 Å². The van der Waals surface area contributed by atoms with Crippen LogP contribution in [0.5, 0.6) is 0 Å². The molecule has 2 heteroatoms. The Hall–Kier alpha value is -0.0800. The molecule has 2 fully saturated rings. The van der Waals surface area contributed by atoms with Crippen molar-refractivity contribution in [1.29, 1.82) is 0 Å².